The fourth-order valence-electron chi connectivity index (χ4n) is 14.2. The first-order chi connectivity index (χ1) is 53.0. The van der Waals surface area contributed by atoms with Crippen LogP contribution in [-0.4, -0.2) is 96.7 Å². The number of esters is 4. The molecule has 19 heteroatoms. The summed E-state index contributed by atoms with van der Waals surface area (Å²) in [4.78, 5) is 73.4. The van der Waals surface area contributed by atoms with Gasteiger partial charge in [0.25, 0.3) is 0 Å². The fourth-order valence-corrected chi connectivity index (χ4v) is 15.8. The molecule has 0 saturated heterocycles. The molecule has 0 aromatic rings. The predicted molar refractivity (Wildman–Crippen MR) is 451 cm³/mol. The Bertz CT molecular complexity index is 2070. The summed E-state index contributed by atoms with van der Waals surface area (Å²) in [6.07, 6.45) is 77.8. The Morgan fingerprint density at radius 3 is 0.624 bits per heavy atom. The molecule has 0 bridgehead atoms. The van der Waals surface area contributed by atoms with Crippen molar-refractivity contribution in [3.63, 3.8) is 0 Å². The molecular weight excluding hydrogens is 1410 g/mol. The van der Waals surface area contributed by atoms with Crippen LogP contribution < -0.4 is 0 Å². The Kier molecular flexibility index (Phi) is 81.1. The molecule has 0 rings (SSSR count). The Morgan fingerprint density at radius 1 is 0.248 bits per heavy atom. The third-order valence-electron chi connectivity index (χ3n) is 21.3. The second-order valence-electron chi connectivity index (χ2n) is 32.8. The Balaban J connectivity index is 5.24. The van der Waals surface area contributed by atoms with Crippen LogP contribution in [0.25, 0.3) is 0 Å². The second kappa shape index (κ2) is 82.6. The highest BCUT2D eigenvalue weighted by molar-refractivity contribution is 7.47. The zero-order valence-electron chi connectivity index (χ0n) is 71.7. The lowest BCUT2D eigenvalue weighted by Crippen LogP contribution is -2.30. The third-order valence-corrected chi connectivity index (χ3v) is 23.2. The fraction of sp³-hybridized carbons (Fsp3) is 0.956. The quantitative estimate of drug-likeness (QED) is 0.0222. The van der Waals surface area contributed by atoms with Crippen molar-refractivity contribution >= 4 is 39.5 Å². The van der Waals surface area contributed by atoms with Crippen LogP contribution in [0.1, 0.15) is 490 Å². The molecule has 0 fully saturated rings. The van der Waals surface area contributed by atoms with Gasteiger partial charge in [0.15, 0.2) is 12.2 Å². The van der Waals surface area contributed by atoms with Gasteiger partial charge in [-0.05, 0) is 31.6 Å². The van der Waals surface area contributed by atoms with E-state index in [9.17, 15) is 43.2 Å². The van der Waals surface area contributed by atoms with Gasteiger partial charge < -0.3 is 33.8 Å². The summed E-state index contributed by atoms with van der Waals surface area (Å²) in [6, 6.07) is 0. The minimum Gasteiger partial charge on any atom is -0.462 e. The van der Waals surface area contributed by atoms with Crippen molar-refractivity contribution in [2.45, 2.75) is 509 Å². The van der Waals surface area contributed by atoms with Gasteiger partial charge >= 0.3 is 39.5 Å². The summed E-state index contributed by atoms with van der Waals surface area (Å²) in [5, 5.41) is 10.7. The number of phosphoric ester groups is 2. The molecule has 0 aliphatic carbocycles. The maximum Gasteiger partial charge on any atom is 0.472 e. The van der Waals surface area contributed by atoms with Crippen molar-refractivity contribution in [2.75, 3.05) is 39.6 Å². The SMILES string of the molecule is CCCCCCCCCCCCCCCCCCCCCCCC(=O)O[C@H](COC(=O)CCCCCCCCCCCCCCCCCCCCCC)COP(=O)(O)OC[C@@H](O)COP(=O)(O)OC[C@@H](COC(=O)CCCCCCCCCCCCCC)OC(=O)CCCCCCCCCCCCCCCC(C)C. The highest BCUT2D eigenvalue weighted by Crippen LogP contribution is 2.45. The second-order valence-corrected chi connectivity index (χ2v) is 35.7. The monoisotopic (exact) mass is 1590 g/mol. The molecule has 0 aromatic heterocycles. The first-order valence-electron chi connectivity index (χ1n) is 46.6. The van der Waals surface area contributed by atoms with Crippen molar-refractivity contribution < 1.29 is 80.2 Å². The summed E-state index contributed by atoms with van der Waals surface area (Å²) >= 11 is 0. The molecule has 17 nitrogen and oxygen atoms in total. The molecule has 0 saturated carbocycles. The van der Waals surface area contributed by atoms with Crippen LogP contribution >= 0.6 is 15.6 Å². The molecule has 0 aromatic carbocycles. The van der Waals surface area contributed by atoms with Crippen molar-refractivity contribution in [1.82, 2.24) is 0 Å². The van der Waals surface area contributed by atoms with Crippen molar-refractivity contribution in [3.05, 3.63) is 0 Å². The van der Waals surface area contributed by atoms with Gasteiger partial charge in [0, 0.05) is 25.7 Å². The predicted octanol–water partition coefficient (Wildman–Crippen LogP) is 27.9. The van der Waals surface area contributed by atoms with Crippen LogP contribution in [0.15, 0.2) is 0 Å². The van der Waals surface area contributed by atoms with Crippen molar-refractivity contribution in [2.24, 2.45) is 5.92 Å². The van der Waals surface area contributed by atoms with Crippen LogP contribution in [0.4, 0.5) is 0 Å². The van der Waals surface area contributed by atoms with E-state index >= 15 is 0 Å². The standard InChI is InChI=1S/C90H176O17P2/c1-6-9-12-15-18-21-24-27-29-31-33-35-37-39-41-45-50-55-60-65-70-75-89(94)106-86(80-101-88(93)74-69-64-59-54-49-44-40-38-36-34-32-30-28-25-22-19-16-13-10-7-2)82-105-109(98,99)103-78-84(91)77-102-108(96,97)104-81-85(79-100-87(92)73-68-63-58-53-48-26-23-20-17-14-11-8-3)107-90(95)76-71-66-61-56-51-46-42-43-47-52-57-62-67-72-83(4)5/h83-86,91H,6-82H2,1-5H3,(H,96,97)(H,98,99)/t84-,85+,86+/m0/s1. The Hall–Kier alpha value is -1.94. The number of phosphoric acid groups is 2. The minimum absolute atomic E-state index is 0.108. The van der Waals surface area contributed by atoms with E-state index in [4.69, 9.17) is 37.0 Å². The first kappa shape index (κ1) is 107. The van der Waals surface area contributed by atoms with Gasteiger partial charge in [-0.25, -0.2) is 9.13 Å². The van der Waals surface area contributed by atoms with E-state index in [0.29, 0.717) is 25.7 Å². The van der Waals surface area contributed by atoms with E-state index in [1.807, 2.05) is 0 Å². The highest BCUT2D eigenvalue weighted by Gasteiger charge is 2.31. The largest absolute Gasteiger partial charge is 0.472 e. The third kappa shape index (κ3) is 83.8. The maximum absolute atomic E-state index is 13.2. The molecule has 3 N–H and O–H groups in total. The van der Waals surface area contributed by atoms with Gasteiger partial charge in [0.05, 0.1) is 26.4 Å². The number of hydrogen-bond donors (Lipinski definition) is 3. The molecule has 648 valence electrons. The van der Waals surface area contributed by atoms with Gasteiger partial charge in [-0.1, -0.05) is 439 Å². The number of hydrogen-bond acceptors (Lipinski definition) is 15. The van der Waals surface area contributed by atoms with E-state index in [2.05, 4.69) is 34.6 Å². The Morgan fingerprint density at radius 2 is 0.422 bits per heavy atom. The summed E-state index contributed by atoms with van der Waals surface area (Å²) in [6.45, 7) is 7.40. The summed E-state index contributed by atoms with van der Waals surface area (Å²) < 4.78 is 69.0. The molecule has 0 amide bonds. The van der Waals surface area contributed by atoms with Crippen molar-refractivity contribution in [3.8, 4) is 0 Å². The molecule has 0 spiro atoms. The minimum atomic E-state index is -4.97. The zero-order valence-corrected chi connectivity index (χ0v) is 73.5. The molecule has 5 atom stereocenters. The van der Waals surface area contributed by atoms with Crippen LogP contribution in [0.2, 0.25) is 0 Å². The molecule has 0 aliphatic rings. The number of unbranched alkanes of at least 4 members (excludes halogenated alkanes) is 62. The van der Waals surface area contributed by atoms with Gasteiger partial charge in [0.1, 0.15) is 19.3 Å². The van der Waals surface area contributed by atoms with Gasteiger partial charge in [-0.15, -0.1) is 0 Å². The van der Waals surface area contributed by atoms with Crippen molar-refractivity contribution in [1.29, 1.82) is 0 Å². The topological polar surface area (TPSA) is 237 Å². The van der Waals surface area contributed by atoms with E-state index in [1.54, 1.807) is 0 Å². The average molecular weight is 1590 g/mol. The van der Waals surface area contributed by atoms with E-state index in [-0.39, 0.29) is 25.7 Å². The lowest BCUT2D eigenvalue weighted by molar-refractivity contribution is -0.161. The van der Waals surface area contributed by atoms with Gasteiger partial charge in [0.2, 0.25) is 0 Å². The molecule has 2 unspecified atom stereocenters. The number of ether oxygens (including phenoxy) is 4. The Labute approximate surface area is 670 Å². The molecule has 0 aliphatic heterocycles. The number of aliphatic hydroxyl groups is 1. The summed E-state index contributed by atoms with van der Waals surface area (Å²) in [5.41, 5.74) is 0. The van der Waals surface area contributed by atoms with Crippen LogP contribution in [-0.2, 0) is 65.4 Å². The number of aliphatic hydroxyl groups excluding tert-OH is 1. The number of rotatable bonds is 90. The number of carbonyl (C=O) groups is 4. The van der Waals surface area contributed by atoms with E-state index in [1.165, 1.54) is 315 Å². The highest BCUT2D eigenvalue weighted by atomic mass is 31.2. The molecule has 109 heavy (non-hydrogen) atoms. The molecule has 0 heterocycles. The van der Waals surface area contributed by atoms with Gasteiger partial charge in [-0.3, -0.25) is 37.3 Å². The number of carbonyl (C=O) groups excluding carboxylic acids is 4. The van der Waals surface area contributed by atoms with E-state index < -0.39 is 97.5 Å². The average Bonchev–Trinajstić information content (AvgIpc) is 0.900. The lowest BCUT2D eigenvalue weighted by Gasteiger charge is -2.21. The zero-order chi connectivity index (χ0) is 79.7. The molecular formula is C90H176O17P2. The summed E-state index contributed by atoms with van der Waals surface area (Å²) in [5.74, 6) is -1.31. The smallest absolute Gasteiger partial charge is 0.462 e. The maximum atomic E-state index is 13.2. The normalized spacial score (nSPS) is 13.7. The van der Waals surface area contributed by atoms with Gasteiger partial charge in [-0.2, -0.15) is 0 Å². The lowest BCUT2D eigenvalue weighted by atomic mass is 10.0. The van der Waals surface area contributed by atoms with Crippen LogP contribution in [0.3, 0.4) is 0 Å². The van der Waals surface area contributed by atoms with E-state index in [0.717, 1.165) is 95.8 Å². The van der Waals surface area contributed by atoms with Crippen LogP contribution in [0, 0.1) is 5.92 Å². The first-order valence-corrected chi connectivity index (χ1v) is 49.6. The molecule has 0 radical (unpaired) electrons. The van der Waals surface area contributed by atoms with Crippen LogP contribution in [0.5, 0.6) is 0 Å². The summed E-state index contributed by atoms with van der Waals surface area (Å²) in [7, 11) is -9.93.